The molecular formula is C5H7F3N2O2. The van der Waals surface area contributed by atoms with Crippen LogP contribution in [-0.2, 0) is 9.59 Å². The van der Waals surface area contributed by atoms with Crippen LogP contribution in [0.4, 0.5) is 13.2 Å². The number of ketones is 1. The molecule has 0 fully saturated rings. The standard InChI is InChI=1S/C5H7F3N2O2/c6-5(7,8)4(12)2(9)1-3(10)11/h2H,1,9H2,(H2,10,11). The minimum absolute atomic E-state index is 0.793. The van der Waals surface area contributed by atoms with Crippen molar-refractivity contribution < 1.29 is 22.8 Å². The van der Waals surface area contributed by atoms with Crippen molar-refractivity contribution in [1.82, 2.24) is 0 Å². The highest BCUT2D eigenvalue weighted by Gasteiger charge is 2.42. The third-order valence-corrected chi connectivity index (χ3v) is 1.04. The number of hydrogen-bond acceptors (Lipinski definition) is 3. The molecule has 0 aromatic heterocycles. The Balaban J connectivity index is 4.21. The fraction of sp³-hybridized carbons (Fsp3) is 0.600. The van der Waals surface area contributed by atoms with Crippen LogP contribution < -0.4 is 11.5 Å². The Bertz CT molecular complexity index is 201. The van der Waals surface area contributed by atoms with Crippen molar-refractivity contribution in [2.75, 3.05) is 0 Å². The molecule has 0 saturated heterocycles. The number of halogens is 3. The van der Waals surface area contributed by atoms with Crippen molar-refractivity contribution in [2.24, 2.45) is 11.5 Å². The summed E-state index contributed by atoms with van der Waals surface area (Å²) in [6.45, 7) is 0. The van der Waals surface area contributed by atoms with Gasteiger partial charge in [-0.2, -0.15) is 13.2 Å². The molecular weight excluding hydrogens is 177 g/mol. The third kappa shape index (κ3) is 3.33. The van der Waals surface area contributed by atoms with Crippen molar-refractivity contribution in [1.29, 1.82) is 0 Å². The van der Waals surface area contributed by atoms with E-state index in [-0.39, 0.29) is 0 Å². The average molecular weight is 184 g/mol. The molecule has 0 spiro atoms. The second kappa shape index (κ2) is 3.53. The second-order valence-electron chi connectivity index (χ2n) is 2.14. The maximum atomic E-state index is 11.6. The van der Waals surface area contributed by atoms with Crippen molar-refractivity contribution in [2.45, 2.75) is 18.6 Å². The van der Waals surface area contributed by atoms with Crippen molar-refractivity contribution in [3.05, 3.63) is 0 Å². The molecule has 0 heterocycles. The van der Waals surface area contributed by atoms with Crippen LogP contribution in [0.3, 0.4) is 0 Å². The number of rotatable bonds is 3. The van der Waals surface area contributed by atoms with Crippen molar-refractivity contribution in [3.8, 4) is 0 Å². The number of amides is 1. The van der Waals surface area contributed by atoms with Gasteiger partial charge in [-0.25, -0.2) is 0 Å². The summed E-state index contributed by atoms with van der Waals surface area (Å²) in [6.07, 6.45) is -5.80. The van der Waals surface area contributed by atoms with E-state index in [0.29, 0.717) is 0 Å². The number of nitrogens with two attached hydrogens (primary N) is 2. The van der Waals surface area contributed by atoms with E-state index >= 15 is 0 Å². The van der Waals surface area contributed by atoms with Gasteiger partial charge in [-0.1, -0.05) is 0 Å². The van der Waals surface area contributed by atoms with Crippen molar-refractivity contribution >= 4 is 11.7 Å². The highest BCUT2D eigenvalue weighted by atomic mass is 19.4. The normalized spacial score (nSPS) is 14.0. The summed E-state index contributed by atoms with van der Waals surface area (Å²) >= 11 is 0. The molecule has 12 heavy (non-hydrogen) atoms. The van der Waals surface area contributed by atoms with Crippen LogP contribution in [0.25, 0.3) is 0 Å². The zero-order chi connectivity index (χ0) is 9.94. The number of primary amides is 1. The third-order valence-electron chi connectivity index (χ3n) is 1.04. The van der Waals surface area contributed by atoms with Gasteiger partial charge in [0.25, 0.3) is 5.78 Å². The van der Waals surface area contributed by atoms with Gasteiger partial charge >= 0.3 is 6.18 Å². The lowest BCUT2D eigenvalue weighted by atomic mass is 10.1. The number of hydrogen-bond donors (Lipinski definition) is 2. The molecule has 0 aliphatic rings. The van der Waals surface area contributed by atoms with Crippen LogP contribution in [-0.4, -0.2) is 23.9 Å². The molecule has 0 rings (SSSR count). The highest BCUT2D eigenvalue weighted by molar-refractivity contribution is 5.92. The fourth-order valence-electron chi connectivity index (χ4n) is 0.520. The average Bonchev–Trinajstić information content (AvgIpc) is 1.82. The van der Waals surface area contributed by atoms with Crippen LogP contribution in [0.15, 0.2) is 0 Å². The summed E-state index contributed by atoms with van der Waals surface area (Å²) in [4.78, 5) is 20.3. The lowest BCUT2D eigenvalue weighted by Crippen LogP contribution is -2.42. The number of Topliss-reactive ketones (excluding diaryl/α,β-unsaturated/α-hetero) is 1. The van der Waals surface area contributed by atoms with Crippen molar-refractivity contribution in [3.63, 3.8) is 0 Å². The van der Waals surface area contributed by atoms with Gasteiger partial charge in [0.1, 0.15) is 0 Å². The topological polar surface area (TPSA) is 86.2 Å². The molecule has 0 aliphatic heterocycles. The smallest absolute Gasteiger partial charge is 0.370 e. The highest BCUT2D eigenvalue weighted by Crippen LogP contribution is 2.17. The van der Waals surface area contributed by atoms with E-state index < -0.39 is 30.3 Å². The molecule has 0 aliphatic carbocycles. The van der Waals surface area contributed by atoms with Gasteiger partial charge < -0.3 is 11.5 Å². The fourth-order valence-corrected chi connectivity index (χ4v) is 0.520. The Morgan fingerprint density at radius 2 is 1.75 bits per heavy atom. The largest absolute Gasteiger partial charge is 0.451 e. The SMILES string of the molecule is NC(=O)CC(N)C(=O)C(F)(F)F. The van der Waals surface area contributed by atoms with Gasteiger partial charge in [-0.15, -0.1) is 0 Å². The molecule has 4 nitrogen and oxygen atoms in total. The molecule has 0 saturated carbocycles. The van der Waals surface area contributed by atoms with Gasteiger partial charge in [-0.3, -0.25) is 9.59 Å². The Hall–Kier alpha value is -1.11. The first-order valence-electron chi connectivity index (χ1n) is 2.90. The first kappa shape index (κ1) is 10.9. The summed E-state index contributed by atoms with van der Waals surface area (Å²) in [6, 6.07) is -1.89. The van der Waals surface area contributed by atoms with Crippen LogP contribution in [0.2, 0.25) is 0 Å². The van der Waals surface area contributed by atoms with Gasteiger partial charge in [0.2, 0.25) is 5.91 Å². The molecule has 0 aromatic carbocycles. The number of carbonyl (C=O) groups excluding carboxylic acids is 2. The minimum atomic E-state index is -5.01. The van der Waals surface area contributed by atoms with Gasteiger partial charge in [0.05, 0.1) is 6.04 Å². The Morgan fingerprint density at radius 1 is 1.33 bits per heavy atom. The Kier molecular flexibility index (Phi) is 3.20. The van der Waals surface area contributed by atoms with Gasteiger partial charge in [0.15, 0.2) is 0 Å². The first-order valence-corrected chi connectivity index (χ1v) is 2.90. The molecule has 1 atom stereocenters. The predicted molar refractivity (Wildman–Crippen MR) is 32.8 cm³/mol. The van der Waals surface area contributed by atoms with E-state index in [2.05, 4.69) is 5.73 Å². The summed E-state index contributed by atoms with van der Waals surface area (Å²) in [5.74, 6) is -3.18. The summed E-state index contributed by atoms with van der Waals surface area (Å²) in [5.41, 5.74) is 9.27. The van der Waals surface area contributed by atoms with E-state index in [0.717, 1.165) is 0 Å². The Labute approximate surface area is 65.7 Å². The molecule has 0 radical (unpaired) electrons. The van der Waals surface area contributed by atoms with Gasteiger partial charge in [-0.05, 0) is 0 Å². The maximum Gasteiger partial charge on any atom is 0.451 e. The van der Waals surface area contributed by atoms with Crippen LogP contribution >= 0.6 is 0 Å². The van der Waals surface area contributed by atoms with Gasteiger partial charge in [0, 0.05) is 6.42 Å². The van der Waals surface area contributed by atoms with E-state index in [1.54, 1.807) is 0 Å². The summed E-state index contributed by atoms with van der Waals surface area (Å²) < 4.78 is 34.7. The zero-order valence-corrected chi connectivity index (χ0v) is 5.89. The lowest BCUT2D eigenvalue weighted by molar-refractivity contribution is -0.172. The molecule has 4 N–H and O–H groups in total. The number of alkyl halides is 3. The van der Waals surface area contributed by atoms with E-state index in [4.69, 9.17) is 5.73 Å². The van der Waals surface area contributed by atoms with Crippen LogP contribution in [0.1, 0.15) is 6.42 Å². The molecule has 7 heteroatoms. The van der Waals surface area contributed by atoms with E-state index in [1.807, 2.05) is 0 Å². The molecule has 0 aromatic rings. The summed E-state index contributed by atoms with van der Waals surface area (Å²) in [7, 11) is 0. The summed E-state index contributed by atoms with van der Waals surface area (Å²) in [5, 5.41) is 0. The van der Waals surface area contributed by atoms with Crippen LogP contribution in [0, 0.1) is 0 Å². The predicted octanol–water partition coefficient (Wildman–Crippen LogP) is -0.680. The first-order chi connectivity index (χ1) is 5.25. The van der Waals surface area contributed by atoms with E-state index in [9.17, 15) is 22.8 Å². The number of carbonyl (C=O) groups is 2. The Morgan fingerprint density at radius 3 is 2.00 bits per heavy atom. The molecule has 1 unspecified atom stereocenters. The van der Waals surface area contributed by atoms with Crippen LogP contribution in [0.5, 0.6) is 0 Å². The second-order valence-corrected chi connectivity index (χ2v) is 2.14. The zero-order valence-electron chi connectivity index (χ0n) is 5.89. The molecule has 1 amide bonds. The lowest BCUT2D eigenvalue weighted by Gasteiger charge is -2.10. The minimum Gasteiger partial charge on any atom is -0.370 e. The maximum absolute atomic E-state index is 11.6. The monoisotopic (exact) mass is 184 g/mol. The quantitative estimate of drug-likeness (QED) is 0.609. The molecule has 70 valence electrons. The van der Waals surface area contributed by atoms with E-state index in [1.165, 1.54) is 0 Å². The molecule has 0 bridgehead atoms.